The van der Waals surface area contributed by atoms with Crippen molar-refractivity contribution in [3.05, 3.63) is 29.6 Å². The predicted molar refractivity (Wildman–Crippen MR) is 53.2 cm³/mol. The molecule has 0 fully saturated rings. The van der Waals surface area contributed by atoms with Crippen LogP contribution >= 0.6 is 0 Å². The molecule has 1 atom stereocenters. The van der Waals surface area contributed by atoms with E-state index in [1.165, 1.54) is 6.07 Å². The van der Waals surface area contributed by atoms with Crippen molar-refractivity contribution < 1.29 is 23.1 Å². The number of pyridine rings is 1. The third kappa shape index (κ3) is 4.03. The molecule has 1 aromatic rings. The normalized spacial score (nSPS) is 13.4. The molecular weight excluding hydrogens is 237 g/mol. The quantitative estimate of drug-likeness (QED) is 0.845. The van der Waals surface area contributed by atoms with Crippen LogP contribution in [0.5, 0.6) is 0 Å². The number of nitrogens with two attached hydrogens (primary N) is 1. The highest BCUT2D eigenvalue weighted by atomic mass is 19.4. The molecule has 7 heteroatoms. The average Bonchev–Trinajstić information content (AvgIpc) is 2.25. The number of nitrogens with zero attached hydrogens (tertiary/aromatic N) is 1. The molecule has 17 heavy (non-hydrogen) atoms. The zero-order valence-corrected chi connectivity index (χ0v) is 8.74. The van der Waals surface area contributed by atoms with Gasteiger partial charge < -0.3 is 10.8 Å². The van der Waals surface area contributed by atoms with Gasteiger partial charge in [-0.05, 0) is 30.5 Å². The Morgan fingerprint density at radius 2 is 2.18 bits per heavy atom. The second kappa shape index (κ2) is 5.13. The lowest BCUT2D eigenvalue weighted by Gasteiger charge is -2.09. The van der Waals surface area contributed by atoms with Crippen molar-refractivity contribution in [3.8, 4) is 0 Å². The number of carboxylic acids is 1. The van der Waals surface area contributed by atoms with Gasteiger partial charge in [-0.25, -0.2) is 0 Å². The molecule has 0 aliphatic rings. The molecule has 0 aliphatic heterocycles. The molecule has 1 unspecified atom stereocenters. The van der Waals surface area contributed by atoms with Crippen LogP contribution in [0.15, 0.2) is 18.3 Å². The van der Waals surface area contributed by atoms with Crippen LogP contribution in [0.4, 0.5) is 13.2 Å². The smallest absolute Gasteiger partial charge is 0.433 e. The third-order valence-electron chi connectivity index (χ3n) is 2.18. The molecule has 0 saturated carbocycles. The first kappa shape index (κ1) is 13.4. The van der Waals surface area contributed by atoms with E-state index in [2.05, 4.69) is 4.98 Å². The number of hydrogen-bond donors (Lipinski definition) is 2. The van der Waals surface area contributed by atoms with Gasteiger partial charge in [0.05, 0.1) is 0 Å². The van der Waals surface area contributed by atoms with Gasteiger partial charge in [0.25, 0.3) is 0 Å². The molecule has 0 saturated heterocycles. The summed E-state index contributed by atoms with van der Waals surface area (Å²) in [7, 11) is 0. The van der Waals surface area contributed by atoms with Gasteiger partial charge in [0.15, 0.2) is 0 Å². The molecule has 1 aromatic heterocycles. The molecule has 94 valence electrons. The fraction of sp³-hybridized carbons (Fsp3) is 0.400. The number of aliphatic carboxylic acids is 1. The van der Waals surface area contributed by atoms with Crippen molar-refractivity contribution in [2.45, 2.75) is 25.1 Å². The third-order valence-corrected chi connectivity index (χ3v) is 2.18. The van der Waals surface area contributed by atoms with Crippen molar-refractivity contribution in [3.63, 3.8) is 0 Å². The summed E-state index contributed by atoms with van der Waals surface area (Å²) >= 11 is 0. The molecule has 3 N–H and O–H groups in total. The Morgan fingerprint density at radius 1 is 1.53 bits per heavy atom. The number of carbonyl (C=O) groups is 1. The van der Waals surface area contributed by atoms with Gasteiger partial charge in [-0.15, -0.1) is 0 Å². The van der Waals surface area contributed by atoms with E-state index < -0.39 is 23.9 Å². The Hall–Kier alpha value is -1.63. The number of halogens is 3. The monoisotopic (exact) mass is 248 g/mol. The average molecular weight is 248 g/mol. The highest BCUT2D eigenvalue weighted by molar-refractivity contribution is 5.73. The van der Waals surface area contributed by atoms with Crippen molar-refractivity contribution >= 4 is 5.97 Å². The molecule has 0 bridgehead atoms. The first-order valence-corrected chi connectivity index (χ1v) is 4.81. The van der Waals surface area contributed by atoms with E-state index in [1.54, 1.807) is 0 Å². The first-order valence-electron chi connectivity index (χ1n) is 4.81. The highest BCUT2D eigenvalue weighted by Crippen LogP contribution is 2.27. The minimum Gasteiger partial charge on any atom is -0.480 e. The van der Waals surface area contributed by atoms with Crippen LogP contribution in [-0.2, 0) is 17.4 Å². The minimum atomic E-state index is -4.50. The lowest BCUT2D eigenvalue weighted by atomic mass is 10.1. The first-order chi connectivity index (χ1) is 7.80. The number of carboxylic acid groups (broad SMARTS) is 1. The second-order valence-electron chi connectivity index (χ2n) is 3.53. The van der Waals surface area contributed by atoms with E-state index in [0.717, 1.165) is 12.3 Å². The fourth-order valence-corrected chi connectivity index (χ4v) is 1.23. The summed E-state index contributed by atoms with van der Waals surface area (Å²) in [6.45, 7) is 0. The summed E-state index contributed by atoms with van der Waals surface area (Å²) in [5.74, 6) is -1.17. The number of aromatic nitrogens is 1. The van der Waals surface area contributed by atoms with Crippen LogP contribution in [0.25, 0.3) is 0 Å². The Balaban J connectivity index is 2.70. The number of aryl methyl sites for hydroxylation is 1. The summed E-state index contributed by atoms with van der Waals surface area (Å²) in [6.07, 6.45) is -3.20. The highest BCUT2D eigenvalue weighted by Gasteiger charge is 2.32. The standard InChI is InChI=1S/C10H11F3N2O2/c11-10(12,13)8-5-6(3-4-15-8)1-2-7(14)9(16)17/h3-5,7H,1-2,14H2,(H,16,17). The molecule has 4 nitrogen and oxygen atoms in total. The van der Waals surface area contributed by atoms with Gasteiger partial charge in [-0.2, -0.15) is 13.2 Å². The Labute approximate surface area is 95.3 Å². The second-order valence-corrected chi connectivity index (χ2v) is 3.53. The van der Waals surface area contributed by atoms with Crippen LogP contribution in [0.1, 0.15) is 17.7 Å². The molecular formula is C10H11F3N2O2. The number of rotatable bonds is 4. The largest absolute Gasteiger partial charge is 0.480 e. The van der Waals surface area contributed by atoms with E-state index in [1.807, 2.05) is 0 Å². The summed E-state index contributed by atoms with van der Waals surface area (Å²) in [6, 6.07) is 1.23. The number of alkyl halides is 3. The van der Waals surface area contributed by atoms with Crippen LogP contribution in [-0.4, -0.2) is 22.1 Å². The van der Waals surface area contributed by atoms with Gasteiger partial charge in [0.2, 0.25) is 0 Å². The number of hydrogen-bond acceptors (Lipinski definition) is 3. The molecule has 0 aromatic carbocycles. The van der Waals surface area contributed by atoms with Crippen LogP contribution in [0, 0.1) is 0 Å². The van der Waals surface area contributed by atoms with E-state index in [9.17, 15) is 18.0 Å². The lowest BCUT2D eigenvalue weighted by molar-refractivity contribution is -0.141. The maximum Gasteiger partial charge on any atom is 0.433 e. The van der Waals surface area contributed by atoms with E-state index in [-0.39, 0.29) is 12.8 Å². The van der Waals surface area contributed by atoms with E-state index >= 15 is 0 Å². The molecule has 1 rings (SSSR count). The summed E-state index contributed by atoms with van der Waals surface area (Å²) in [4.78, 5) is 13.6. The topological polar surface area (TPSA) is 76.2 Å². The summed E-state index contributed by atoms with van der Waals surface area (Å²) < 4.78 is 36.9. The van der Waals surface area contributed by atoms with Crippen molar-refractivity contribution in [1.82, 2.24) is 4.98 Å². The zero-order valence-electron chi connectivity index (χ0n) is 8.74. The Kier molecular flexibility index (Phi) is 4.06. The van der Waals surface area contributed by atoms with E-state index in [0.29, 0.717) is 5.56 Å². The van der Waals surface area contributed by atoms with Gasteiger partial charge >= 0.3 is 12.1 Å². The SMILES string of the molecule is NC(CCc1ccnc(C(F)(F)F)c1)C(=O)O. The predicted octanol–water partition coefficient (Wildman–Crippen LogP) is 1.44. The Morgan fingerprint density at radius 3 is 2.71 bits per heavy atom. The van der Waals surface area contributed by atoms with Crippen molar-refractivity contribution in [2.24, 2.45) is 5.73 Å². The summed E-state index contributed by atoms with van der Waals surface area (Å²) in [5, 5.41) is 8.53. The molecule has 0 amide bonds. The zero-order chi connectivity index (χ0) is 13.1. The van der Waals surface area contributed by atoms with Gasteiger partial charge in [-0.1, -0.05) is 0 Å². The molecule has 0 aliphatic carbocycles. The molecule has 0 spiro atoms. The van der Waals surface area contributed by atoms with Gasteiger partial charge in [0, 0.05) is 6.20 Å². The van der Waals surface area contributed by atoms with Gasteiger partial charge in [0.1, 0.15) is 11.7 Å². The van der Waals surface area contributed by atoms with Gasteiger partial charge in [-0.3, -0.25) is 9.78 Å². The maximum absolute atomic E-state index is 12.3. The minimum absolute atomic E-state index is 0.0800. The fourth-order valence-electron chi connectivity index (χ4n) is 1.23. The maximum atomic E-state index is 12.3. The van der Waals surface area contributed by atoms with Crippen LogP contribution in [0.2, 0.25) is 0 Å². The lowest BCUT2D eigenvalue weighted by Crippen LogP contribution is -2.30. The van der Waals surface area contributed by atoms with Crippen molar-refractivity contribution in [2.75, 3.05) is 0 Å². The van der Waals surface area contributed by atoms with Crippen LogP contribution in [0.3, 0.4) is 0 Å². The Bertz CT molecular complexity index is 407. The van der Waals surface area contributed by atoms with Crippen molar-refractivity contribution in [1.29, 1.82) is 0 Å². The molecule has 1 heterocycles. The van der Waals surface area contributed by atoms with Crippen LogP contribution < -0.4 is 5.73 Å². The molecule has 0 radical (unpaired) electrons. The van der Waals surface area contributed by atoms with E-state index in [4.69, 9.17) is 10.8 Å². The summed E-state index contributed by atoms with van der Waals surface area (Å²) in [5.41, 5.74) is 4.63.